The fourth-order valence-electron chi connectivity index (χ4n) is 1.46. The van der Waals surface area contributed by atoms with E-state index in [2.05, 4.69) is 9.47 Å². The van der Waals surface area contributed by atoms with Gasteiger partial charge in [-0.2, -0.15) is 0 Å². The van der Waals surface area contributed by atoms with Crippen molar-refractivity contribution in [1.82, 2.24) is 0 Å². The third-order valence-electron chi connectivity index (χ3n) is 2.45. The summed E-state index contributed by atoms with van der Waals surface area (Å²) in [6.07, 6.45) is -3.76. The Morgan fingerprint density at radius 3 is 2.50 bits per heavy atom. The van der Waals surface area contributed by atoms with Crippen LogP contribution >= 0.6 is 0 Å². The normalized spacial score (nSPS) is 17.3. The van der Waals surface area contributed by atoms with Gasteiger partial charge in [-0.25, -0.2) is 0 Å². The molecule has 18 heavy (non-hydrogen) atoms. The van der Waals surface area contributed by atoms with Crippen LogP contribution in [0, 0.1) is 5.92 Å². The van der Waals surface area contributed by atoms with Crippen molar-refractivity contribution in [1.29, 1.82) is 0 Å². The molecule has 7 heteroatoms. The molecule has 0 radical (unpaired) electrons. The number of halogens is 2. The molecule has 0 saturated heterocycles. The number of fused-ring (bicyclic) bond motifs is 1. The van der Waals surface area contributed by atoms with E-state index in [0.717, 1.165) is 12.1 Å². The number of carbonyl (C=O) groups excluding carboxylic acids is 1. The average molecular weight is 258 g/mol. The molecule has 96 valence electrons. The van der Waals surface area contributed by atoms with E-state index in [1.165, 1.54) is 13.0 Å². The first-order valence-corrected chi connectivity index (χ1v) is 4.97. The zero-order valence-electron chi connectivity index (χ0n) is 9.15. The summed E-state index contributed by atoms with van der Waals surface area (Å²) in [4.78, 5) is 22.3. The topological polar surface area (TPSA) is 72.8 Å². The number of carboxylic acids is 1. The average Bonchev–Trinajstić information content (AvgIpc) is 2.59. The fraction of sp³-hybridized carbons (Fsp3) is 0.273. The molecule has 1 N–H and O–H groups in total. The number of hydrogen-bond donors (Lipinski definition) is 1. The molecule has 1 aliphatic rings. The summed E-state index contributed by atoms with van der Waals surface area (Å²) >= 11 is 0. The van der Waals surface area contributed by atoms with Crippen molar-refractivity contribution in [2.45, 2.75) is 13.2 Å². The van der Waals surface area contributed by atoms with E-state index < -0.39 is 24.0 Å². The van der Waals surface area contributed by atoms with Gasteiger partial charge in [-0.05, 0) is 25.1 Å². The van der Waals surface area contributed by atoms with E-state index >= 15 is 0 Å². The summed E-state index contributed by atoms with van der Waals surface area (Å²) < 4.78 is 33.8. The van der Waals surface area contributed by atoms with Crippen molar-refractivity contribution in [3.63, 3.8) is 0 Å². The first kappa shape index (κ1) is 12.3. The summed E-state index contributed by atoms with van der Waals surface area (Å²) in [6, 6.07) is 3.39. The molecule has 1 aromatic carbocycles. The van der Waals surface area contributed by atoms with Crippen LogP contribution in [0.2, 0.25) is 0 Å². The van der Waals surface area contributed by atoms with Crippen molar-refractivity contribution in [3.05, 3.63) is 23.8 Å². The van der Waals surface area contributed by atoms with Gasteiger partial charge < -0.3 is 14.6 Å². The summed E-state index contributed by atoms with van der Waals surface area (Å²) in [5, 5.41) is 8.69. The van der Waals surface area contributed by atoms with Crippen LogP contribution in [-0.2, 0) is 4.79 Å². The van der Waals surface area contributed by atoms with Gasteiger partial charge in [0.05, 0.1) is 0 Å². The van der Waals surface area contributed by atoms with Gasteiger partial charge in [-0.15, -0.1) is 8.78 Å². The highest BCUT2D eigenvalue weighted by molar-refractivity contribution is 6.08. The Labute approximate surface area is 99.9 Å². The summed E-state index contributed by atoms with van der Waals surface area (Å²) in [7, 11) is 0. The molecule has 0 spiro atoms. The van der Waals surface area contributed by atoms with Gasteiger partial charge in [0.15, 0.2) is 17.3 Å². The number of rotatable bonds is 3. The van der Waals surface area contributed by atoms with Gasteiger partial charge in [0.2, 0.25) is 0 Å². The second-order valence-electron chi connectivity index (χ2n) is 3.75. The van der Waals surface area contributed by atoms with Gasteiger partial charge in [-0.1, -0.05) is 0 Å². The molecular weight excluding hydrogens is 250 g/mol. The van der Waals surface area contributed by atoms with E-state index in [1.807, 2.05) is 0 Å². The first-order chi connectivity index (χ1) is 8.30. The molecule has 2 rings (SSSR count). The Bertz CT molecular complexity index is 526. The van der Waals surface area contributed by atoms with E-state index in [-0.39, 0.29) is 17.1 Å². The highest BCUT2D eigenvalue weighted by atomic mass is 19.3. The molecular formula is C11H8F2O5. The summed E-state index contributed by atoms with van der Waals surface area (Å²) in [5.41, 5.74) is -0.0232. The van der Waals surface area contributed by atoms with Crippen LogP contribution in [0.4, 0.5) is 8.78 Å². The number of alkyl halides is 2. The van der Waals surface area contributed by atoms with Crippen LogP contribution in [0.5, 0.6) is 11.5 Å². The van der Waals surface area contributed by atoms with Crippen molar-refractivity contribution in [2.75, 3.05) is 0 Å². The molecule has 0 saturated carbocycles. The zero-order valence-corrected chi connectivity index (χ0v) is 9.15. The first-order valence-electron chi connectivity index (χ1n) is 4.97. The Kier molecular flexibility index (Phi) is 2.68. The Balaban J connectivity index is 2.29. The number of aliphatic carboxylic acids is 1. The SMILES string of the molecule is CC(C(=O)O)C(=O)c1ccc2c(c1)OC(F)(F)O2. The quantitative estimate of drug-likeness (QED) is 0.662. The highest BCUT2D eigenvalue weighted by Gasteiger charge is 2.43. The van der Waals surface area contributed by atoms with Gasteiger partial charge in [0, 0.05) is 5.56 Å². The zero-order chi connectivity index (χ0) is 13.5. The number of Topliss-reactive ketones (excluding diaryl/α,β-unsaturated/α-hetero) is 1. The molecule has 1 unspecified atom stereocenters. The largest absolute Gasteiger partial charge is 0.586 e. The predicted molar refractivity (Wildman–Crippen MR) is 53.8 cm³/mol. The maximum absolute atomic E-state index is 12.7. The predicted octanol–water partition coefficient (Wildman–Crippen LogP) is 1.91. The Morgan fingerprint density at radius 1 is 1.28 bits per heavy atom. The van der Waals surface area contributed by atoms with Crippen molar-refractivity contribution in [3.8, 4) is 11.5 Å². The van der Waals surface area contributed by atoms with Crippen LogP contribution < -0.4 is 9.47 Å². The van der Waals surface area contributed by atoms with Crippen molar-refractivity contribution in [2.24, 2.45) is 5.92 Å². The van der Waals surface area contributed by atoms with E-state index in [0.29, 0.717) is 0 Å². The third-order valence-corrected chi connectivity index (χ3v) is 2.45. The minimum Gasteiger partial charge on any atom is -0.481 e. The third kappa shape index (κ3) is 2.11. The maximum Gasteiger partial charge on any atom is 0.586 e. The van der Waals surface area contributed by atoms with Crippen molar-refractivity contribution < 1.29 is 33.0 Å². The number of carbonyl (C=O) groups is 2. The van der Waals surface area contributed by atoms with Gasteiger partial charge >= 0.3 is 12.3 Å². The monoisotopic (exact) mass is 258 g/mol. The lowest BCUT2D eigenvalue weighted by Gasteiger charge is -2.05. The second kappa shape index (κ2) is 3.94. The smallest absolute Gasteiger partial charge is 0.481 e. The van der Waals surface area contributed by atoms with Crippen LogP contribution in [0.3, 0.4) is 0 Å². The van der Waals surface area contributed by atoms with Gasteiger partial charge in [0.25, 0.3) is 0 Å². The molecule has 0 aromatic heterocycles. The van der Waals surface area contributed by atoms with Crippen molar-refractivity contribution >= 4 is 11.8 Å². The Morgan fingerprint density at radius 2 is 1.89 bits per heavy atom. The molecule has 0 bridgehead atoms. The number of ketones is 1. The summed E-state index contributed by atoms with van der Waals surface area (Å²) in [5.74, 6) is -3.72. The lowest BCUT2D eigenvalue weighted by molar-refractivity contribution is -0.286. The molecule has 0 aliphatic carbocycles. The Hall–Kier alpha value is -2.18. The molecule has 5 nitrogen and oxygen atoms in total. The van der Waals surface area contributed by atoms with E-state index in [4.69, 9.17) is 5.11 Å². The van der Waals surface area contributed by atoms with E-state index in [1.54, 1.807) is 0 Å². The molecule has 0 fully saturated rings. The van der Waals surface area contributed by atoms with Crippen LogP contribution in [0.1, 0.15) is 17.3 Å². The van der Waals surface area contributed by atoms with Crippen LogP contribution in [-0.4, -0.2) is 23.2 Å². The number of benzene rings is 1. The molecule has 0 amide bonds. The number of carboxylic acid groups (broad SMARTS) is 1. The minimum absolute atomic E-state index is 0.0232. The number of hydrogen-bond acceptors (Lipinski definition) is 4. The van der Waals surface area contributed by atoms with Crippen LogP contribution in [0.15, 0.2) is 18.2 Å². The minimum atomic E-state index is -3.76. The maximum atomic E-state index is 12.7. The number of ether oxygens (including phenoxy) is 2. The molecule has 1 atom stereocenters. The standard InChI is InChI=1S/C11H8F2O5/c1-5(10(15)16)9(14)6-2-3-7-8(4-6)18-11(12,13)17-7/h2-5H,1H3,(H,15,16). The highest BCUT2D eigenvalue weighted by Crippen LogP contribution is 2.41. The summed E-state index contributed by atoms with van der Waals surface area (Å²) in [6.45, 7) is 1.21. The lowest BCUT2D eigenvalue weighted by Crippen LogP contribution is -2.26. The second-order valence-corrected chi connectivity index (χ2v) is 3.75. The van der Waals surface area contributed by atoms with Gasteiger partial charge in [0.1, 0.15) is 5.92 Å². The van der Waals surface area contributed by atoms with Gasteiger partial charge in [-0.3, -0.25) is 9.59 Å². The lowest BCUT2D eigenvalue weighted by atomic mass is 9.99. The molecule has 1 aliphatic heterocycles. The molecule has 1 aromatic rings. The van der Waals surface area contributed by atoms with E-state index in [9.17, 15) is 18.4 Å². The molecule has 1 heterocycles. The van der Waals surface area contributed by atoms with Crippen LogP contribution in [0.25, 0.3) is 0 Å². The fourth-order valence-corrected chi connectivity index (χ4v) is 1.46.